The number of hydrogen-bond donors (Lipinski definition) is 0. The number of rotatable bonds is 4. The van der Waals surface area contributed by atoms with E-state index in [1.54, 1.807) is 7.11 Å². The van der Waals surface area contributed by atoms with E-state index in [1.807, 2.05) is 19.1 Å². The van der Waals surface area contributed by atoms with Crippen molar-refractivity contribution in [1.29, 1.82) is 0 Å². The van der Waals surface area contributed by atoms with Crippen LogP contribution in [-0.2, 0) is 15.9 Å². The maximum Gasteiger partial charge on any atom is 0.165 e. The second-order valence-corrected chi connectivity index (χ2v) is 4.53. The summed E-state index contributed by atoms with van der Waals surface area (Å²) in [6.45, 7) is 3.63. The number of ether oxygens (including phenoxy) is 3. The van der Waals surface area contributed by atoms with Gasteiger partial charge in [-0.3, -0.25) is 0 Å². The molecule has 0 aromatic heterocycles. The predicted molar refractivity (Wildman–Crippen MR) is 66.2 cm³/mol. The fraction of sp³-hybridized carbons (Fsp3) is 0.571. The van der Waals surface area contributed by atoms with E-state index >= 15 is 0 Å². The third-order valence-corrected chi connectivity index (χ3v) is 3.13. The van der Waals surface area contributed by atoms with Gasteiger partial charge in [-0.1, -0.05) is 12.1 Å². The van der Waals surface area contributed by atoms with Crippen LogP contribution >= 0.6 is 0 Å². The van der Waals surface area contributed by atoms with E-state index in [1.165, 1.54) is 5.56 Å². The lowest BCUT2D eigenvalue weighted by Gasteiger charge is -2.34. The van der Waals surface area contributed by atoms with Crippen molar-refractivity contribution >= 4 is 0 Å². The summed E-state index contributed by atoms with van der Waals surface area (Å²) < 4.78 is 16.5. The Morgan fingerprint density at radius 3 is 2.41 bits per heavy atom. The van der Waals surface area contributed by atoms with Gasteiger partial charge in [0.1, 0.15) is 5.75 Å². The average Bonchev–Trinajstić information content (AvgIpc) is 2.38. The summed E-state index contributed by atoms with van der Waals surface area (Å²) in [6.07, 6.45) is 2.85. The summed E-state index contributed by atoms with van der Waals surface area (Å²) in [6, 6.07) is 8.15. The zero-order valence-electron chi connectivity index (χ0n) is 10.6. The SMILES string of the molecule is COc1ccc(CCC2(C)OCCCO2)cc1. The van der Waals surface area contributed by atoms with Gasteiger partial charge in [0.15, 0.2) is 5.79 Å². The molecule has 1 heterocycles. The number of benzene rings is 1. The first-order chi connectivity index (χ1) is 8.22. The maximum atomic E-state index is 5.69. The van der Waals surface area contributed by atoms with Crippen LogP contribution in [0.25, 0.3) is 0 Å². The van der Waals surface area contributed by atoms with Crippen molar-refractivity contribution in [2.45, 2.75) is 32.0 Å². The summed E-state index contributed by atoms with van der Waals surface area (Å²) in [7, 11) is 1.68. The highest BCUT2D eigenvalue weighted by molar-refractivity contribution is 5.27. The third-order valence-electron chi connectivity index (χ3n) is 3.13. The van der Waals surface area contributed by atoms with E-state index in [-0.39, 0.29) is 0 Å². The molecule has 0 atom stereocenters. The minimum absolute atomic E-state index is 0.405. The molecule has 0 aliphatic carbocycles. The van der Waals surface area contributed by atoms with Crippen LogP contribution in [0.4, 0.5) is 0 Å². The Balaban J connectivity index is 1.87. The Kier molecular flexibility index (Phi) is 4.02. The van der Waals surface area contributed by atoms with Crippen LogP contribution in [0.1, 0.15) is 25.3 Å². The monoisotopic (exact) mass is 236 g/mol. The van der Waals surface area contributed by atoms with Gasteiger partial charge in [-0.25, -0.2) is 0 Å². The Labute approximate surface area is 103 Å². The molecule has 1 fully saturated rings. The van der Waals surface area contributed by atoms with Gasteiger partial charge in [0.2, 0.25) is 0 Å². The quantitative estimate of drug-likeness (QED) is 0.804. The number of methoxy groups -OCH3 is 1. The molecule has 0 amide bonds. The Bertz CT molecular complexity index is 339. The van der Waals surface area contributed by atoms with Gasteiger partial charge in [-0.2, -0.15) is 0 Å². The van der Waals surface area contributed by atoms with Crippen LogP contribution in [0.5, 0.6) is 5.75 Å². The van der Waals surface area contributed by atoms with Crippen molar-refractivity contribution in [2.75, 3.05) is 20.3 Å². The second kappa shape index (κ2) is 5.52. The lowest BCUT2D eigenvalue weighted by Crippen LogP contribution is -2.37. The molecule has 1 aromatic carbocycles. The largest absolute Gasteiger partial charge is 0.497 e. The zero-order valence-corrected chi connectivity index (χ0v) is 10.6. The first-order valence-electron chi connectivity index (χ1n) is 6.13. The zero-order chi connectivity index (χ0) is 12.1. The molecular formula is C14H20O3. The Hall–Kier alpha value is -1.06. The van der Waals surface area contributed by atoms with Gasteiger partial charge in [-0.15, -0.1) is 0 Å². The third kappa shape index (κ3) is 3.45. The van der Waals surface area contributed by atoms with Gasteiger partial charge in [0.25, 0.3) is 0 Å². The molecular weight excluding hydrogens is 216 g/mol. The molecule has 1 aromatic rings. The molecule has 0 N–H and O–H groups in total. The molecule has 3 nitrogen and oxygen atoms in total. The van der Waals surface area contributed by atoms with E-state index in [4.69, 9.17) is 14.2 Å². The summed E-state index contributed by atoms with van der Waals surface area (Å²) in [5.74, 6) is 0.489. The lowest BCUT2D eigenvalue weighted by molar-refractivity contribution is -0.258. The van der Waals surface area contributed by atoms with Crippen LogP contribution in [0.3, 0.4) is 0 Å². The number of aryl methyl sites for hydroxylation is 1. The molecule has 0 saturated carbocycles. The van der Waals surface area contributed by atoms with Crippen molar-refractivity contribution in [2.24, 2.45) is 0 Å². The van der Waals surface area contributed by atoms with E-state index in [9.17, 15) is 0 Å². The first-order valence-corrected chi connectivity index (χ1v) is 6.13. The minimum Gasteiger partial charge on any atom is -0.497 e. The Morgan fingerprint density at radius 2 is 1.82 bits per heavy atom. The normalized spacial score (nSPS) is 18.9. The summed E-state index contributed by atoms with van der Waals surface area (Å²) in [5, 5.41) is 0. The average molecular weight is 236 g/mol. The minimum atomic E-state index is -0.405. The highest BCUT2D eigenvalue weighted by atomic mass is 16.7. The summed E-state index contributed by atoms with van der Waals surface area (Å²) >= 11 is 0. The summed E-state index contributed by atoms with van der Waals surface area (Å²) in [4.78, 5) is 0. The van der Waals surface area contributed by atoms with Crippen LogP contribution in [0, 0.1) is 0 Å². The van der Waals surface area contributed by atoms with Crippen LogP contribution in [0.15, 0.2) is 24.3 Å². The van der Waals surface area contributed by atoms with Gasteiger partial charge < -0.3 is 14.2 Å². The van der Waals surface area contributed by atoms with Crippen molar-refractivity contribution in [3.05, 3.63) is 29.8 Å². The number of hydrogen-bond acceptors (Lipinski definition) is 3. The summed E-state index contributed by atoms with van der Waals surface area (Å²) in [5.41, 5.74) is 1.28. The molecule has 94 valence electrons. The van der Waals surface area contributed by atoms with Crippen LogP contribution in [-0.4, -0.2) is 26.1 Å². The van der Waals surface area contributed by atoms with Gasteiger partial charge in [-0.05, 0) is 37.5 Å². The fourth-order valence-electron chi connectivity index (χ4n) is 1.98. The predicted octanol–water partition coefficient (Wildman–Crippen LogP) is 2.78. The maximum absolute atomic E-state index is 5.69. The van der Waals surface area contributed by atoms with Crippen molar-refractivity contribution < 1.29 is 14.2 Å². The molecule has 0 unspecified atom stereocenters. The molecule has 0 radical (unpaired) electrons. The molecule has 1 aliphatic rings. The van der Waals surface area contributed by atoms with E-state index in [0.717, 1.165) is 38.2 Å². The van der Waals surface area contributed by atoms with Gasteiger partial charge in [0, 0.05) is 6.42 Å². The molecule has 1 saturated heterocycles. The molecule has 0 bridgehead atoms. The van der Waals surface area contributed by atoms with Crippen molar-refractivity contribution in [1.82, 2.24) is 0 Å². The van der Waals surface area contributed by atoms with Gasteiger partial charge >= 0.3 is 0 Å². The van der Waals surface area contributed by atoms with Gasteiger partial charge in [0.05, 0.1) is 20.3 Å². The smallest absolute Gasteiger partial charge is 0.165 e. The molecule has 2 rings (SSSR count). The molecule has 3 heteroatoms. The van der Waals surface area contributed by atoms with Crippen molar-refractivity contribution in [3.63, 3.8) is 0 Å². The molecule has 0 spiro atoms. The van der Waals surface area contributed by atoms with E-state index in [0.29, 0.717) is 0 Å². The van der Waals surface area contributed by atoms with Crippen LogP contribution < -0.4 is 4.74 Å². The second-order valence-electron chi connectivity index (χ2n) is 4.53. The fourth-order valence-corrected chi connectivity index (χ4v) is 1.98. The highest BCUT2D eigenvalue weighted by Gasteiger charge is 2.28. The first kappa shape index (κ1) is 12.4. The van der Waals surface area contributed by atoms with E-state index < -0.39 is 5.79 Å². The van der Waals surface area contributed by atoms with Crippen molar-refractivity contribution in [3.8, 4) is 5.75 Å². The van der Waals surface area contributed by atoms with Crippen LogP contribution in [0.2, 0.25) is 0 Å². The lowest BCUT2D eigenvalue weighted by atomic mass is 10.0. The Morgan fingerprint density at radius 1 is 1.18 bits per heavy atom. The highest BCUT2D eigenvalue weighted by Crippen LogP contribution is 2.24. The topological polar surface area (TPSA) is 27.7 Å². The molecule has 17 heavy (non-hydrogen) atoms. The molecule has 1 aliphatic heterocycles. The van der Waals surface area contributed by atoms with E-state index in [2.05, 4.69) is 12.1 Å². The standard InChI is InChI=1S/C14H20O3/c1-14(16-10-3-11-17-14)9-8-12-4-6-13(15-2)7-5-12/h4-7H,3,8-11H2,1-2H3.